The molecule has 1 aromatic carbocycles. The fourth-order valence-corrected chi connectivity index (χ4v) is 2.39. The molecule has 0 aliphatic rings. The molecule has 0 unspecified atom stereocenters. The van der Waals surface area contributed by atoms with E-state index in [2.05, 4.69) is 37.0 Å². The highest BCUT2D eigenvalue weighted by atomic mass is 35.5. The maximum atomic E-state index is 6.19. The second-order valence-electron chi connectivity index (χ2n) is 4.25. The summed E-state index contributed by atoms with van der Waals surface area (Å²) < 4.78 is 1.96. The van der Waals surface area contributed by atoms with E-state index in [0.29, 0.717) is 11.7 Å². The van der Waals surface area contributed by atoms with Crippen LogP contribution in [0.15, 0.2) is 18.2 Å². The van der Waals surface area contributed by atoms with Gasteiger partial charge in [0.2, 0.25) is 0 Å². The number of nitrogens with two attached hydrogens (primary N) is 1. The number of halogens is 1. The van der Waals surface area contributed by atoms with E-state index >= 15 is 0 Å². The molecule has 90 valence electrons. The summed E-state index contributed by atoms with van der Waals surface area (Å²) in [5, 5.41) is 0.514. The van der Waals surface area contributed by atoms with Crippen LogP contribution in [0.3, 0.4) is 0 Å². The molecule has 0 saturated heterocycles. The van der Waals surface area contributed by atoms with Crippen molar-refractivity contribution in [3.05, 3.63) is 40.3 Å². The van der Waals surface area contributed by atoms with E-state index in [4.69, 9.17) is 17.3 Å². The highest BCUT2D eigenvalue weighted by Crippen LogP contribution is 2.30. The van der Waals surface area contributed by atoms with Gasteiger partial charge in [-0.05, 0) is 19.4 Å². The van der Waals surface area contributed by atoms with Crippen LogP contribution in [0.5, 0.6) is 0 Å². The van der Waals surface area contributed by atoms with Crippen molar-refractivity contribution in [2.24, 2.45) is 12.8 Å². The molecule has 0 atom stereocenters. The minimum atomic E-state index is 0.390. The maximum absolute atomic E-state index is 6.19. The van der Waals surface area contributed by atoms with Crippen molar-refractivity contribution in [1.29, 1.82) is 0 Å². The van der Waals surface area contributed by atoms with Crippen molar-refractivity contribution in [3.8, 4) is 11.3 Å². The second-order valence-corrected chi connectivity index (χ2v) is 4.61. The largest absolute Gasteiger partial charge is 0.329 e. The third-order valence-corrected chi connectivity index (χ3v) is 3.23. The summed E-state index contributed by atoms with van der Waals surface area (Å²) in [6, 6.07) is 6.29. The van der Waals surface area contributed by atoms with Gasteiger partial charge >= 0.3 is 0 Å². The van der Waals surface area contributed by atoms with Crippen molar-refractivity contribution >= 4 is 11.6 Å². The lowest BCUT2D eigenvalue weighted by Crippen LogP contribution is -2.05. The predicted molar refractivity (Wildman–Crippen MR) is 71.0 cm³/mol. The Morgan fingerprint density at radius 3 is 2.59 bits per heavy atom. The first kappa shape index (κ1) is 12.1. The number of aromatic nitrogens is 2. The first-order valence-corrected chi connectivity index (χ1v) is 5.91. The number of nitrogens with zero attached hydrogens (tertiary/aromatic N) is 2. The van der Waals surface area contributed by atoms with Crippen molar-refractivity contribution < 1.29 is 0 Å². The van der Waals surface area contributed by atoms with Crippen LogP contribution in [0.4, 0.5) is 0 Å². The Labute approximate surface area is 106 Å². The van der Waals surface area contributed by atoms with Gasteiger partial charge in [0.15, 0.2) is 5.15 Å². The summed E-state index contributed by atoms with van der Waals surface area (Å²) in [7, 11) is 1.94. The molecule has 3 nitrogen and oxygen atoms in total. The average molecular weight is 250 g/mol. The Morgan fingerprint density at radius 2 is 2.06 bits per heavy atom. The monoisotopic (exact) mass is 249 g/mol. The van der Waals surface area contributed by atoms with E-state index < -0.39 is 0 Å². The Bertz CT molecular complexity index is 558. The summed E-state index contributed by atoms with van der Waals surface area (Å²) in [5.41, 5.74) is 10.1. The van der Waals surface area contributed by atoms with Gasteiger partial charge in [0.1, 0.15) is 5.82 Å². The number of imidazole rings is 1. The molecule has 1 aromatic heterocycles. The van der Waals surface area contributed by atoms with Crippen molar-refractivity contribution in [2.45, 2.75) is 20.4 Å². The van der Waals surface area contributed by atoms with Crippen molar-refractivity contribution in [3.63, 3.8) is 0 Å². The SMILES string of the molecule is Cc1ccc(-c2c(Cl)nc(CN)n2C)c(C)c1. The molecule has 0 aliphatic heterocycles. The van der Waals surface area contributed by atoms with Crippen LogP contribution >= 0.6 is 11.6 Å². The van der Waals surface area contributed by atoms with E-state index in [9.17, 15) is 0 Å². The first-order valence-electron chi connectivity index (χ1n) is 5.53. The predicted octanol–water partition coefficient (Wildman–Crippen LogP) is 2.82. The van der Waals surface area contributed by atoms with Gasteiger partial charge in [0.25, 0.3) is 0 Å². The third-order valence-electron chi connectivity index (χ3n) is 2.96. The molecule has 4 heteroatoms. The van der Waals surface area contributed by atoms with Crippen molar-refractivity contribution in [1.82, 2.24) is 9.55 Å². The minimum Gasteiger partial charge on any atom is -0.329 e. The van der Waals surface area contributed by atoms with Crippen LogP contribution in [0, 0.1) is 13.8 Å². The zero-order valence-corrected chi connectivity index (χ0v) is 11.0. The minimum absolute atomic E-state index is 0.390. The summed E-state index contributed by atoms with van der Waals surface area (Å²) in [5.74, 6) is 0.796. The summed E-state index contributed by atoms with van der Waals surface area (Å²) in [4.78, 5) is 4.27. The smallest absolute Gasteiger partial charge is 0.155 e. The average Bonchev–Trinajstić information content (AvgIpc) is 2.55. The fourth-order valence-electron chi connectivity index (χ4n) is 2.06. The lowest BCUT2D eigenvalue weighted by molar-refractivity contribution is 0.798. The normalized spacial score (nSPS) is 10.9. The molecule has 1 heterocycles. The fraction of sp³-hybridized carbons (Fsp3) is 0.308. The van der Waals surface area contributed by atoms with Crippen LogP contribution in [0.1, 0.15) is 17.0 Å². The second kappa shape index (κ2) is 4.51. The molecule has 0 amide bonds. The molecule has 2 N–H and O–H groups in total. The van der Waals surface area contributed by atoms with E-state index in [0.717, 1.165) is 17.1 Å². The highest BCUT2D eigenvalue weighted by Gasteiger charge is 2.15. The molecular formula is C13H16ClN3. The van der Waals surface area contributed by atoms with Gasteiger partial charge in [0, 0.05) is 12.6 Å². The molecule has 2 rings (SSSR count). The van der Waals surface area contributed by atoms with E-state index in [1.54, 1.807) is 0 Å². The number of hydrogen-bond donors (Lipinski definition) is 1. The summed E-state index contributed by atoms with van der Waals surface area (Å²) in [6.45, 7) is 4.54. The maximum Gasteiger partial charge on any atom is 0.155 e. The first-order chi connectivity index (χ1) is 8.04. The Hall–Kier alpha value is -1.32. The molecule has 0 bridgehead atoms. The van der Waals surface area contributed by atoms with Crippen LogP contribution in [0.2, 0.25) is 5.15 Å². The summed E-state index contributed by atoms with van der Waals surface area (Å²) >= 11 is 6.19. The van der Waals surface area contributed by atoms with E-state index in [1.165, 1.54) is 11.1 Å². The highest BCUT2D eigenvalue weighted by molar-refractivity contribution is 6.32. The Balaban J connectivity index is 2.64. The van der Waals surface area contributed by atoms with Gasteiger partial charge in [-0.2, -0.15) is 0 Å². The molecule has 0 radical (unpaired) electrons. The van der Waals surface area contributed by atoms with Gasteiger partial charge in [-0.15, -0.1) is 0 Å². The molecule has 17 heavy (non-hydrogen) atoms. The van der Waals surface area contributed by atoms with Gasteiger partial charge in [-0.25, -0.2) is 4.98 Å². The topological polar surface area (TPSA) is 43.8 Å². The Morgan fingerprint density at radius 1 is 1.35 bits per heavy atom. The van der Waals surface area contributed by atoms with E-state index in [1.807, 2.05) is 11.6 Å². The Kier molecular flexibility index (Phi) is 3.22. The van der Waals surface area contributed by atoms with E-state index in [-0.39, 0.29) is 0 Å². The van der Waals surface area contributed by atoms with Gasteiger partial charge < -0.3 is 10.3 Å². The van der Waals surface area contributed by atoms with Crippen LogP contribution in [-0.4, -0.2) is 9.55 Å². The van der Waals surface area contributed by atoms with Crippen LogP contribution < -0.4 is 5.73 Å². The molecule has 2 aromatic rings. The zero-order chi connectivity index (χ0) is 12.6. The lowest BCUT2D eigenvalue weighted by atomic mass is 10.0. The molecule has 0 saturated carbocycles. The molecular weight excluding hydrogens is 234 g/mol. The van der Waals surface area contributed by atoms with Crippen LogP contribution in [0.25, 0.3) is 11.3 Å². The number of benzene rings is 1. The number of aryl methyl sites for hydroxylation is 2. The zero-order valence-electron chi connectivity index (χ0n) is 10.3. The number of hydrogen-bond acceptors (Lipinski definition) is 2. The van der Waals surface area contributed by atoms with Gasteiger partial charge in [0.05, 0.1) is 12.2 Å². The standard InChI is InChI=1S/C13H16ClN3/c1-8-4-5-10(9(2)6-8)12-13(14)16-11(7-15)17(12)3/h4-6H,7,15H2,1-3H3. The number of rotatable bonds is 2. The third kappa shape index (κ3) is 2.08. The lowest BCUT2D eigenvalue weighted by Gasteiger charge is -2.09. The van der Waals surface area contributed by atoms with Gasteiger partial charge in [-0.3, -0.25) is 0 Å². The van der Waals surface area contributed by atoms with Crippen LogP contribution in [-0.2, 0) is 13.6 Å². The molecule has 0 spiro atoms. The van der Waals surface area contributed by atoms with Gasteiger partial charge in [-0.1, -0.05) is 35.4 Å². The quantitative estimate of drug-likeness (QED) is 0.890. The summed E-state index contributed by atoms with van der Waals surface area (Å²) in [6.07, 6.45) is 0. The van der Waals surface area contributed by atoms with Crippen molar-refractivity contribution in [2.75, 3.05) is 0 Å². The molecule has 0 aliphatic carbocycles. The molecule has 0 fully saturated rings.